The van der Waals surface area contributed by atoms with Gasteiger partial charge < -0.3 is 41.4 Å². The van der Waals surface area contributed by atoms with Crippen LogP contribution >= 0.6 is 0 Å². The van der Waals surface area contributed by atoms with E-state index in [2.05, 4.69) is 41.2 Å². The van der Waals surface area contributed by atoms with E-state index < -0.39 is 54.5 Å². The summed E-state index contributed by atoms with van der Waals surface area (Å²) in [4.78, 5) is 63.1. The third-order valence-corrected chi connectivity index (χ3v) is 5.40. The SMILES string of the molecule is O=C(O)C(Cc1cnc[nH]1)NC(=O)C(Cc1cnc[nH]1)NC(=O)C(CO)NC(=O)C1CCCN1. The lowest BCUT2D eigenvalue weighted by Gasteiger charge is -2.24. The molecule has 8 N–H and O–H groups in total. The maximum absolute atomic E-state index is 13.0. The monoisotopic (exact) mass is 476 g/mol. The number of rotatable bonds is 12. The van der Waals surface area contributed by atoms with Crippen LogP contribution in [0.5, 0.6) is 0 Å². The van der Waals surface area contributed by atoms with Crippen molar-refractivity contribution >= 4 is 23.7 Å². The summed E-state index contributed by atoms with van der Waals surface area (Å²) in [5.41, 5.74) is 1.02. The molecule has 1 saturated heterocycles. The number of nitrogens with zero attached hydrogens (tertiary/aromatic N) is 2. The number of carbonyl (C=O) groups is 4. The van der Waals surface area contributed by atoms with Gasteiger partial charge in [-0.05, 0) is 19.4 Å². The minimum Gasteiger partial charge on any atom is -0.480 e. The molecule has 1 fully saturated rings. The Labute approximate surface area is 194 Å². The van der Waals surface area contributed by atoms with Crippen molar-refractivity contribution < 1.29 is 29.4 Å². The minimum absolute atomic E-state index is 0.0236. The molecule has 3 heterocycles. The Kier molecular flexibility index (Phi) is 8.70. The number of carboxylic acids is 1. The van der Waals surface area contributed by atoms with Crippen molar-refractivity contribution in [1.29, 1.82) is 0 Å². The average Bonchev–Trinajstić information content (AvgIpc) is 3.59. The molecule has 14 heteroatoms. The Balaban J connectivity index is 1.68. The van der Waals surface area contributed by atoms with Crippen molar-refractivity contribution in [3.63, 3.8) is 0 Å². The summed E-state index contributed by atoms with van der Waals surface area (Å²) in [5, 5.41) is 29.6. The number of carboxylic acid groups (broad SMARTS) is 1. The van der Waals surface area contributed by atoms with Gasteiger partial charge in [0.15, 0.2) is 0 Å². The number of hydrogen-bond acceptors (Lipinski definition) is 8. The van der Waals surface area contributed by atoms with E-state index in [-0.39, 0.29) is 12.8 Å². The number of aliphatic hydroxyl groups is 1. The molecule has 4 atom stereocenters. The van der Waals surface area contributed by atoms with E-state index >= 15 is 0 Å². The smallest absolute Gasteiger partial charge is 0.326 e. The molecular formula is C20H28N8O6. The third-order valence-electron chi connectivity index (χ3n) is 5.40. The van der Waals surface area contributed by atoms with E-state index in [0.29, 0.717) is 24.4 Å². The van der Waals surface area contributed by atoms with Crippen LogP contribution in [0, 0.1) is 0 Å². The molecular weight excluding hydrogens is 448 g/mol. The zero-order chi connectivity index (χ0) is 24.5. The first-order valence-electron chi connectivity index (χ1n) is 10.8. The van der Waals surface area contributed by atoms with E-state index in [0.717, 1.165) is 6.42 Å². The van der Waals surface area contributed by atoms with Crippen LogP contribution in [0.15, 0.2) is 25.0 Å². The van der Waals surface area contributed by atoms with Crippen molar-refractivity contribution in [2.45, 2.75) is 49.9 Å². The molecule has 3 amide bonds. The molecule has 1 aliphatic heterocycles. The highest BCUT2D eigenvalue weighted by atomic mass is 16.4. The van der Waals surface area contributed by atoms with E-state index in [9.17, 15) is 29.4 Å². The lowest BCUT2D eigenvalue weighted by atomic mass is 10.1. The van der Waals surface area contributed by atoms with Crippen LogP contribution in [0.25, 0.3) is 0 Å². The quantitative estimate of drug-likeness (QED) is 0.159. The first-order chi connectivity index (χ1) is 16.4. The molecule has 184 valence electrons. The van der Waals surface area contributed by atoms with Crippen LogP contribution in [0.3, 0.4) is 0 Å². The second kappa shape index (κ2) is 11.9. The lowest BCUT2D eigenvalue weighted by Crippen LogP contribution is -2.58. The van der Waals surface area contributed by atoms with Gasteiger partial charge in [-0.15, -0.1) is 0 Å². The van der Waals surface area contributed by atoms with Crippen LogP contribution < -0.4 is 21.3 Å². The van der Waals surface area contributed by atoms with Gasteiger partial charge in [-0.25, -0.2) is 14.8 Å². The van der Waals surface area contributed by atoms with Gasteiger partial charge in [0.25, 0.3) is 0 Å². The average molecular weight is 476 g/mol. The number of hydrogen-bond donors (Lipinski definition) is 8. The van der Waals surface area contributed by atoms with Crippen molar-refractivity contribution in [3.05, 3.63) is 36.4 Å². The number of H-pyrrole nitrogens is 2. The predicted octanol–water partition coefficient (Wildman–Crippen LogP) is -2.80. The van der Waals surface area contributed by atoms with Gasteiger partial charge in [-0.3, -0.25) is 14.4 Å². The maximum Gasteiger partial charge on any atom is 0.326 e. The molecule has 4 unspecified atom stereocenters. The molecule has 0 bridgehead atoms. The minimum atomic E-state index is -1.28. The number of aliphatic hydroxyl groups excluding tert-OH is 1. The van der Waals surface area contributed by atoms with Gasteiger partial charge in [-0.1, -0.05) is 0 Å². The van der Waals surface area contributed by atoms with Gasteiger partial charge in [0.1, 0.15) is 18.1 Å². The molecule has 2 aromatic heterocycles. The number of carbonyl (C=O) groups excluding carboxylic acids is 3. The largest absolute Gasteiger partial charge is 0.480 e. The standard InChI is InChI=1S/C20H28N8O6/c29-8-16(28-17(30)13-2-1-3-23-13)19(32)26-14(4-11-6-21-9-24-11)18(31)27-15(20(33)34)5-12-7-22-10-25-12/h6-7,9-10,13-16,23,29H,1-5,8H2,(H,21,24)(H,22,25)(H,26,32)(H,27,31)(H,28,30)(H,33,34). The van der Waals surface area contributed by atoms with Crippen LogP contribution in [-0.2, 0) is 32.0 Å². The third kappa shape index (κ3) is 6.86. The van der Waals surface area contributed by atoms with Crippen LogP contribution in [0.4, 0.5) is 0 Å². The number of imidazole rings is 2. The fraction of sp³-hybridized carbons (Fsp3) is 0.500. The lowest BCUT2D eigenvalue weighted by molar-refractivity contribution is -0.142. The van der Waals surface area contributed by atoms with E-state index in [1.54, 1.807) is 0 Å². The normalized spacial score (nSPS) is 18.0. The second-order valence-electron chi connectivity index (χ2n) is 7.92. The highest BCUT2D eigenvalue weighted by Gasteiger charge is 2.31. The molecule has 2 aromatic rings. The number of aromatic amines is 2. The number of nitrogens with one attached hydrogen (secondary N) is 6. The molecule has 1 aliphatic rings. The molecule has 34 heavy (non-hydrogen) atoms. The summed E-state index contributed by atoms with van der Waals surface area (Å²) in [6.07, 6.45) is 7.06. The topological polar surface area (TPSA) is 214 Å². The van der Waals surface area contributed by atoms with Gasteiger partial charge in [0.05, 0.1) is 25.3 Å². The summed E-state index contributed by atoms with van der Waals surface area (Å²) in [6.45, 7) is 0.00403. The maximum atomic E-state index is 13.0. The summed E-state index contributed by atoms with van der Waals surface area (Å²) in [7, 11) is 0. The van der Waals surface area contributed by atoms with E-state index in [4.69, 9.17) is 0 Å². The van der Waals surface area contributed by atoms with E-state index in [1.807, 2.05) is 0 Å². The first kappa shape index (κ1) is 24.9. The van der Waals surface area contributed by atoms with Crippen molar-refractivity contribution in [2.75, 3.05) is 13.2 Å². The second-order valence-corrected chi connectivity index (χ2v) is 7.92. The van der Waals surface area contributed by atoms with Crippen LogP contribution in [0.1, 0.15) is 24.2 Å². The first-order valence-corrected chi connectivity index (χ1v) is 10.8. The Bertz CT molecular complexity index is 958. The summed E-state index contributed by atoms with van der Waals surface area (Å²) >= 11 is 0. The summed E-state index contributed by atoms with van der Waals surface area (Å²) in [5.74, 6) is -3.23. The Hall–Kier alpha value is -3.78. The number of aromatic nitrogens is 4. The van der Waals surface area contributed by atoms with Crippen LogP contribution in [-0.4, -0.2) is 91.2 Å². The van der Waals surface area contributed by atoms with Crippen molar-refractivity contribution in [2.24, 2.45) is 0 Å². The molecule has 14 nitrogen and oxygen atoms in total. The van der Waals surface area contributed by atoms with Crippen molar-refractivity contribution in [1.82, 2.24) is 41.2 Å². The van der Waals surface area contributed by atoms with Gasteiger partial charge in [-0.2, -0.15) is 0 Å². The van der Waals surface area contributed by atoms with E-state index in [1.165, 1.54) is 25.0 Å². The number of amides is 3. The Morgan fingerprint density at radius 3 is 2.03 bits per heavy atom. The van der Waals surface area contributed by atoms with Crippen LogP contribution in [0.2, 0.25) is 0 Å². The fourth-order valence-corrected chi connectivity index (χ4v) is 3.56. The molecule has 0 spiro atoms. The summed E-state index contributed by atoms with van der Waals surface area (Å²) in [6, 6.07) is -4.22. The Morgan fingerprint density at radius 2 is 1.53 bits per heavy atom. The highest BCUT2D eigenvalue weighted by molar-refractivity contribution is 5.94. The summed E-state index contributed by atoms with van der Waals surface area (Å²) < 4.78 is 0. The van der Waals surface area contributed by atoms with Gasteiger partial charge in [0.2, 0.25) is 17.7 Å². The highest BCUT2D eigenvalue weighted by Crippen LogP contribution is 2.06. The van der Waals surface area contributed by atoms with Gasteiger partial charge in [0, 0.05) is 36.6 Å². The Morgan fingerprint density at radius 1 is 0.941 bits per heavy atom. The van der Waals surface area contributed by atoms with Gasteiger partial charge >= 0.3 is 5.97 Å². The zero-order valence-corrected chi connectivity index (χ0v) is 18.3. The number of aliphatic carboxylic acids is 1. The zero-order valence-electron chi connectivity index (χ0n) is 18.3. The predicted molar refractivity (Wildman–Crippen MR) is 116 cm³/mol. The molecule has 0 saturated carbocycles. The fourth-order valence-electron chi connectivity index (χ4n) is 3.56. The molecule has 0 aliphatic carbocycles. The molecule has 3 rings (SSSR count). The molecule has 0 radical (unpaired) electrons. The van der Waals surface area contributed by atoms with Crippen molar-refractivity contribution in [3.8, 4) is 0 Å². The molecule has 0 aromatic carbocycles.